The minimum absolute atomic E-state index is 0.0943. The Bertz CT molecular complexity index is 548. The number of rotatable bonds is 6. The van der Waals surface area contributed by atoms with Crippen molar-refractivity contribution in [1.29, 1.82) is 0 Å². The van der Waals surface area contributed by atoms with Gasteiger partial charge in [0.15, 0.2) is 9.84 Å². The van der Waals surface area contributed by atoms with E-state index in [1.807, 2.05) is 38.1 Å². The zero-order chi connectivity index (χ0) is 15.3. The van der Waals surface area contributed by atoms with Gasteiger partial charge >= 0.3 is 0 Å². The minimum atomic E-state index is -3.03. The summed E-state index contributed by atoms with van der Waals surface area (Å²) in [4.78, 5) is 0. The van der Waals surface area contributed by atoms with Gasteiger partial charge in [-0.25, -0.2) is 8.42 Å². The van der Waals surface area contributed by atoms with Crippen molar-refractivity contribution in [2.45, 2.75) is 57.2 Å². The van der Waals surface area contributed by atoms with Crippen LogP contribution in [0.1, 0.15) is 56.2 Å². The van der Waals surface area contributed by atoms with E-state index in [0.29, 0.717) is 0 Å². The molecule has 0 radical (unpaired) electrons. The minimum Gasteiger partial charge on any atom is -0.309 e. The lowest BCUT2D eigenvalue weighted by Crippen LogP contribution is -2.34. The molecule has 1 atom stereocenters. The van der Waals surface area contributed by atoms with E-state index >= 15 is 0 Å². The second-order valence-electron chi connectivity index (χ2n) is 6.06. The molecule has 0 bridgehead atoms. The van der Waals surface area contributed by atoms with Crippen molar-refractivity contribution < 1.29 is 8.42 Å². The van der Waals surface area contributed by atoms with Crippen LogP contribution in [0, 0.1) is 6.92 Å². The van der Waals surface area contributed by atoms with Crippen LogP contribution < -0.4 is 5.32 Å². The fraction of sp³-hybridized carbons (Fsp3) is 0.647. The van der Waals surface area contributed by atoms with Gasteiger partial charge < -0.3 is 5.32 Å². The van der Waals surface area contributed by atoms with Crippen molar-refractivity contribution in [1.82, 2.24) is 5.32 Å². The molecule has 0 aromatic heterocycles. The first kappa shape index (κ1) is 16.5. The molecule has 118 valence electrons. The highest BCUT2D eigenvalue weighted by molar-refractivity contribution is 7.92. The van der Waals surface area contributed by atoms with Crippen LogP contribution in [0.3, 0.4) is 0 Å². The SMILES string of the molecule is CCNC(CS(=O)(=O)C1CCCCC1)c1ccccc1C. The third-order valence-electron chi connectivity index (χ3n) is 4.47. The first-order chi connectivity index (χ1) is 10.0. The topological polar surface area (TPSA) is 46.2 Å². The first-order valence-electron chi connectivity index (χ1n) is 8.05. The molecule has 1 unspecified atom stereocenters. The van der Waals surface area contributed by atoms with Gasteiger partial charge in [-0.1, -0.05) is 50.5 Å². The van der Waals surface area contributed by atoms with Crippen LogP contribution in [-0.4, -0.2) is 26.0 Å². The highest BCUT2D eigenvalue weighted by atomic mass is 32.2. The molecule has 0 amide bonds. The molecule has 0 spiro atoms. The number of nitrogens with one attached hydrogen (secondary N) is 1. The Hall–Kier alpha value is -0.870. The Kier molecular flexibility index (Phi) is 5.82. The van der Waals surface area contributed by atoms with E-state index in [0.717, 1.165) is 43.4 Å². The monoisotopic (exact) mass is 309 g/mol. The predicted octanol–water partition coefficient (Wildman–Crippen LogP) is 3.39. The second-order valence-corrected chi connectivity index (χ2v) is 8.38. The van der Waals surface area contributed by atoms with Gasteiger partial charge in [-0.3, -0.25) is 0 Å². The summed E-state index contributed by atoms with van der Waals surface area (Å²) in [5.41, 5.74) is 2.26. The molecule has 21 heavy (non-hydrogen) atoms. The molecule has 0 saturated heterocycles. The van der Waals surface area contributed by atoms with Crippen molar-refractivity contribution >= 4 is 9.84 Å². The summed E-state index contributed by atoms with van der Waals surface area (Å²) < 4.78 is 25.4. The Balaban J connectivity index is 2.17. The zero-order valence-electron chi connectivity index (χ0n) is 13.1. The third kappa shape index (κ3) is 4.30. The molecular weight excluding hydrogens is 282 g/mol. The van der Waals surface area contributed by atoms with E-state index in [4.69, 9.17) is 0 Å². The highest BCUT2D eigenvalue weighted by Gasteiger charge is 2.30. The fourth-order valence-electron chi connectivity index (χ4n) is 3.28. The summed E-state index contributed by atoms with van der Waals surface area (Å²) >= 11 is 0. The number of hydrogen-bond acceptors (Lipinski definition) is 3. The molecule has 1 aliphatic rings. The van der Waals surface area contributed by atoms with E-state index in [1.165, 1.54) is 6.42 Å². The molecule has 1 saturated carbocycles. The third-order valence-corrected chi connectivity index (χ3v) is 6.76. The maximum atomic E-state index is 12.7. The Morgan fingerprint density at radius 1 is 1.19 bits per heavy atom. The van der Waals surface area contributed by atoms with E-state index in [1.54, 1.807) is 0 Å². The standard InChI is InChI=1S/C17H27NO2S/c1-3-18-17(16-12-8-7-9-14(16)2)13-21(19,20)15-10-5-4-6-11-15/h7-9,12,15,17-18H,3-6,10-11,13H2,1-2H3. The molecule has 3 nitrogen and oxygen atoms in total. The zero-order valence-corrected chi connectivity index (χ0v) is 14.0. The van der Waals surface area contributed by atoms with Gasteiger partial charge in [-0.05, 0) is 37.4 Å². The summed E-state index contributed by atoms with van der Waals surface area (Å²) in [7, 11) is -3.03. The fourth-order valence-corrected chi connectivity index (χ4v) is 5.36. The van der Waals surface area contributed by atoms with Crippen LogP contribution in [0.2, 0.25) is 0 Å². The lowest BCUT2D eigenvalue weighted by molar-refractivity contribution is 0.477. The van der Waals surface area contributed by atoms with Gasteiger partial charge in [0.05, 0.1) is 11.0 Å². The van der Waals surface area contributed by atoms with Gasteiger partial charge in [0.2, 0.25) is 0 Å². The van der Waals surface area contributed by atoms with Gasteiger partial charge in [0, 0.05) is 6.04 Å². The van der Waals surface area contributed by atoms with Crippen LogP contribution in [0.4, 0.5) is 0 Å². The predicted molar refractivity (Wildman–Crippen MR) is 88.3 cm³/mol. The highest BCUT2D eigenvalue weighted by Crippen LogP contribution is 2.27. The summed E-state index contributed by atoms with van der Waals surface area (Å²) in [5.74, 6) is 0.219. The van der Waals surface area contributed by atoms with Crippen molar-refractivity contribution in [3.8, 4) is 0 Å². The molecule has 0 heterocycles. The van der Waals surface area contributed by atoms with Crippen molar-refractivity contribution in [3.05, 3.63) is 35.4 Å². The van der Waals surface area contributed by atoms with E-state index in [2.05, 4.69) is 5.32 Å². The summed E-state index contributed by atoms with van der Waals surface area (Å²) in [6, 6.07) is 7.98. The summed E-state index contributed by atoms with van der Waals surface area (Å²) in [6.45, 7) is 4.85. The molecule has 1 aliphatic carbocycles. The first-order valence-corrected chi connectivity index (χ1v) is 9.76. The molecule has 0 aliphatic heterocycles. The molecule has 2 rings (SSSR count). The lowest BCUT2D eigenvalue weighted by atomic mass is 10.0. The largest absolute Gasteiger partial charge is 0.309 e. The Morgan fingerprint density at radius 3 is 2.48 bits per heavy atom. The van der Waals surface area contributed by atoms with E-state index in [-0.39, 0.29) is 17.0 Å². The van der Waals surface area contributed by atoms with Crippen molar-refractivity contribution in [2.75, 3.05) is 12.3 Å². The van der Waals surface area contributed by atoms with Gasteiger partial charge in [-0.2, -0.15) is 0 Å². The van der Waals surface area contributed by atoms with Gasteiger partial charge in [0.25, 0.3) is 0 Å². The maximum Gasteiger partial charge on any atom is 0.155 e. The van der Waals surface area contributed by atoms with Gasteiger partial charge in [-0.15, -0.1) is 0 Å². The average Bonchev–Trinajstić information content (AvgIpc) is 2.48. The summed E-state index contributed by atoms with van der Waals surface area (Å²) in [5, 5.41) is 3.23. The number of sulfone groups is 1. The van der Waals surface area contributed by atoms with E-state index in [9.17, 15) is 8.42 Å². The van der Waals surface area contributed by atoms with Crippen molar-refractivity contribution in [3.63, 3.8) is 0 Å². The molecule has 4 heteroatoms. The molecule has 1 aromatic carbocycles. The maximum absolute atomic E-state index is 12.7. The smallest absolute Gasteiger partial charge is 0.155 e. The number of hydrogen-bond donors (Lipinski definition) is 1. The summed E-state index contributed by atoms with van der Waals surface area (Å²) in [6.07, 6.45) is 4.98. The normalized spacial score (nSPS) is 18.6. The average molecular weight is 309 g/mol. The number of aryl methyl sites for hydroxylation is 1. The lowest BCUT2D eigenvalue weighted by Gasteiger charge is -2.26. The van der Waals surface area contributed by atoms with Crippen LogP contribution in [0.15, 0.2) is 24.3 Å². The van der Waals surface area contributed by atoms with Gasteiger partial charge in [0.1, 0.15) is 0 Å². The van der Waals surface area contributed by atoms with Crippen molar-refractivity contribution in [2.24, 2.45) is 0 Å². The number of benzene rings is 1. The Labute approximate surface area is 129 Å². The van der Waals surface area contributed by atoms with Crippen LogP contribution in [0.5, 0.6) is 0 Å². The van der Waals surface area contributed by atoms with E-state index < -0.39 is 9.84 Å². The molecule has 1 aromatic rings. The quantitative estimate of drug-likeness (QED) is 0.876. The molecular formula is C17H27NO2S. The molecule has 1 N–H and O–H groups in total. The second kappa shape index (κ2) is 7.41. The Morgan fingerprint density at radius 2 is 1.86 bits per heavy atom. The van der Waals surface area contributed by atoms with Crippen LogP contribution >= 0.6 is 0 Å². The van der Waals surface area contributed by atoms with Crippen LogP contribution in [-0.2, 0) is 9.84 Å². The van der Waals surface area contributed by atoms with Crippen LogP contribution in [0.25, 0.3) is 0 Å². The molecule has 1 fully saturated rings.